The van der Waals surface area contributed by atoms with Crippen molar-refractivity contribution in [2.45, 2.75) is 43.9 Å². The van der Waals surface area contributed by atoms with Crippen LogP contribution in [0, 0.1) is 5.82 Å². The molecule has 0 aromatic heterocycles. The third kappa shape index (κ3) is 6.44. The predicted molar refractivity (Wildman–Crippen MR) is 133 cm³/mol. The molecule has 1 aliphatic carbocycles. The minimum atomic E-state index is -1.17. The first kappa shape index (κ1) is 25.7. The third-order valence-corrected chi connectivity index (χ3v) is 6.61. The minimum absolute atomic E-state index is 0.0895. The van der Waals surface area contributed by atoms with Crippen LogP contribution in [0.1, 0.15) is 25.7 Å². The molecule has 0 radical (unpaired) electrons. The molecule has 9 nitrogen and oxygen atoms in total. The van der Waals surface area contributed by atoms with Gasteiger partial charge in [-0.1, -0.05) is 17.7 Å². The first-order chi connectivity index (χ1) is 17.3. The van der Waals surface area contributed by atoms with E-state index in [-0.39, 0.29) is 37.5 Å². The number of anilines is 1. The van der Waals surface area contributed by atoms with Gasteiger partial charge in [-0.3, -0.25) is 14.5 Å². The summed E-state index contributed by atoms with van der Waals surface area (Å²) in [4.78, 5) is 42.1. The summed E-state index contributed by atoms with van der Waals surface area (Å²) >= 11 is 5.89. The zero-order valence-electron chi connectivity index (χ0n) is 19.7. The van der Waals surface area contributed by atoms with Crippen molar-refractivity contribution < 1.29 is 23.5 Å². The summed E-state index contributed by atoms with van der Waals surface area (Å²) < 4.78 is 19.2. The van der Waals surface area contributed by atoms with Crippen molar-refractivity contribution in [2.75, 3.05) is 25.0 Å². The molecule has 2 fully saturated rings. The van der Waals surface area contributed by atoms with Crippen molar-refractivity contribution in [2.24, 2.45) is 5.73 Å². The predicted octanol–water partition coefficient (Wildman–Crippen LogP) is 2.95. The minimum Gasteiger partial charge on any atom is -0.484 e. The molecule has 2 aromatic rings. The van der Waals surface area contributed by atoms with Crippen LogP contribution in [0.5, 0.6) is 5.75 Å². The van der Waals surface area contributed by atoms with Crippen LogP contribution in [0.3, 0.4) is 0 Å². The van der Waals surface area contributed by atoms with Gasteiger partial charge in [0, 0.05) is 35.9 Å². The number of amides is 4. The maximum absolute atomic E-state index is 13.6. The Bertz CT molecular complexity index is 1090. The van der Waals surface area contributed by atoms with Gasteiger partial charge in [-0.05, 0) is 68.1 Å². The molecule has 1 saturated heterocycles. The van der Waals surface area contributed by atoms with E-state index in [0.29, 0.717) is 10.8 Å². The van der Waals surface area contributed by atoms with E-state index in [1.54, 1.807) is 30.3 Å². The van der Waals surface area contributed by atoms with E-state index in [1.807, 2.05) is 0 Å². The Morgan fingerprint density at radius 3 is 2.42 bits per heavy atom. The lowest BCUT2D eigenvalue weighted by molar-refractivity contribution is -0.143. The van der Waals surface area contributed by atoms with Crippen molar-refractivity contribution in [3.8, 4) is 5.75 Å². The van der Waals surface area contributed by atoms with Crippen LogP contribution in [-0.4, -0.2) is 65.6 Å². The Morgan fingerprint density at radius 1 is 1.03 bits per heavy atom. The number of hydrogen-bond acceptors (Lipinski definition) is 5. The SMILES string of the molecule is NC1CCC(NC(=O)C2N(C(=O)COc3ccc(Cl)cc3)CCN2C(=O)Nc2cccc(F)c2)CC1. The van der Waals surface area contributed by atoms with Crippen molar-refractivity contribution in [3.63, 3.8) is 0 Å². The van der Waals surface area contributed by atoms with E-state index in [1.165, 1.54) is 28.0 Å². The van der Waals surface area contributed by atoms with Crippen LogP contribution in [0.2, 0.25) is 5.02 Å². The molecule has 2 aromatic carbocycles. The quantitative estimate of drug-likeness (QED) is 0.544. The first-order valence-electron chi connectivity index (χ1n) is 11.9. The lowest BCUT2D eigenvalue weighted by Crippen LogP contribution is -2.57. The van der Waals surface area contributed by atoms with Crippen LogP contribution >= 0.6 is 11.6 Å². The van der Waals surface area contributed by atoms with E-state index in [9.17, 15) is 18.8 Å². The summed E-state index contributed by atoms with van der Waals surface area (Å²) in [6.07, 6.45) is 1.86. The monoisotopic (exact) mass is 517 g/mol. The van der Waals surface area contributed by atoms with Gasteiger partial charge in [0.2, 0.25) is 0 Å². The molecular formula is C25H29ClFN5O4. The Morgan fingerprint density at radius 2 is 1.72 bits per heavy atom. The van der Waals surface area contributed by atoms with Gasteiger partial charge in [0.25, 0.3) is 11.8 Å². The lowest BCUT2D eigenvalue weighted by atomic mass is 9.92. The second kappa shape index (κ2) is 11.6. The second-order valence-electron chi connectivity index (χ2n) is 8.96. The van der Waals surface area contributed by atoms with E-state index in [4.69, 9.17) is 22.1 Å². The number of ether oxygens (including phenoxy) is 1. The number of carbonyl (C=O) groups is 3. The van der Waals surface area contributed by atoms with E-state index >= 15 is 0 Å². The van der Waals surface area contributed by atoms with E-state index in [0.717, 1.165) is 25.7 Å². The molecule has 1 unspecified atom stereocenters. The molecule has 2 aliphatic rings. The zero-order valence-corrected chi connectivity index (χ0v) is 20.4. The Balaban J connectivity index is 1.47. The summed E-state index contributed by atoms with van der Waals surface area (Å²) in [5.74, 6) is -0.957. The third-order valence-electron chi connectivity index (χ3n) is 6.36. The van der Waals surface area contributed by atoms with Crippen LogP contribution in [0.4, 0.5) is 14.9 Å². The maximum Gasteiger partial charge on any atom is 0.323 e. The number of benzene rings is 2. The van der Waals surface area contributed by atoms with Gasteiger partial charge >= 0.3 is 6.03 Å². The summed E-state index contributed by atoms with van der Waals surface area (Å²) in [6, 6.07) is 11.4. The molecule has 1 aliphatic heterocycles. The fourth-order valence-electron chi connectivity index (χ4n) is 4.44. The number of urea groups is 1. The maximum atomic E-state index is 13.6. The molecule has 1 atom stereocenters. The van der Waals surface area contributed by atoms with Gasteiger partial charge in [0.15, 0.2) is 12.8 Å². The molecular weight excluding hydrogens is 489 g/mol. The summed E-state index contributed by atoms with van der Waals surface area (Å²) in [5, 5.41) is 6.12. The smallest absolute Gasteiger partial charge is 0.323 e. The van der Waals surface area contributed by atoms with Gasteiger partial charge in [-0.2, -0.15) is 0 Å². The fourth-order valence-corrected chi connectivity index (χ4v) is 4.57. The largest absolute Gasteiger partial charge is 0.484 e. The average Bonchev–Trinajstić information content (AvgIpc) is 3.31. The van der Waals surface area contributed by atoms with Crippen LogP contribution in [-0.2, 0) is 9.59 Å². The summed E-state index contributed by atoms with van der Waals surface area (Å²) in [7, 11) is 0. The molecule has 1 saturated carbocycles. The van der Waals surface area contributed by atoms with Gasteiger partial charge in [-0.15, -0.1) is 0 Å². The number of rotatable bonds is 6. The Labute approximate surface area is 213 Å². The van der Waals surface area contributed by atoms with Gasteiger partial charge in [0.1, 0.15) is 11.6 Å². The molecule has 4 N–H and O–H groups in total. The van der Waals surface area contributed by atoms with Crippen molar-refractivity contribution in [1.29, 1.82) is 0 Å². The van der Waals surface area contributed by atoms with Crippen molar-refractivity contribution >= 4 is 35.1 Å². The number of carbonyl (C=O) groups excluding carboxylic acids is 3. The highest BCUT2D eigenvalue weighted by Gasteiger charge is 2.43. The summed E-state index contributed by atoms with van der Waals surface area (Å²) in [6.45, 7) is -0.0441. The van der Waals surface area contributed by atoms with Crippen molar-refractivity contribution in [3.05, 3.63) is 59.4 Å². The highest BCUT2D eigenvalue weighted by atomic mass is 35.5. The fraction of sp³-hybridized carbons (Fsp3) is 0.400. The number of nitrogens with zero attached hydrogens (tertiary/aromatic N) is 2. The topological polar surface area (TPSA) is 117 Å². The van der Waals surface area contributed by atoms with Gasteiger partial charge in [-0.25, -0.2) is 9.18 Å². The molecule has 4 rings (SSSR count). The molecule has 0 spiro atoms. The molecule has 1 heterocycles. The Kier molecular flexibility index (Phi) is 8.27. The first-order valence-corrected chi connectivity index (χ1v) is 12.2. The van der Waals surface area contributed by atoms with Gasteiger partial charge in [0.05, 0.1) is 0 Å². The van der Waals surface area contributed by atoms with Gasteiger partial charge < -0.3 is 26.0 Å². The van der Waals surface area contributed by atoms with Crippen LogP contribution < -0.4 is 21.1 Å². The standard InChI is InChI=1S/C25H29ClFN5O4/c26-16-4-10-21(11-5-16)36-15-22(33)31-12-13-32(25(35)30-20-3-1-2-17(27)14-20)24(31)23(34)29-19-8-6-18(28)7-9-19/h1-5,10-11,14,18-19,24H,6-9,12-13,15,28H2,(H,29,34)(H,30,35). The number of hydrogen-bond donors (Lipinski definition) is 3. The number of nitrogens with two attached hydrogens (primary N) is 1. The van der Waals surface area contributed by atoms with E-state index < -0.39 is 29.8 Å². The molecule has 11 heteroatoms. The van der Waals surface area contributed by atoms with Crippen LogP contribution in [0.15, 0.2) is 48.5 Å². The molecule has 36 heavy (non-hydrogen) atoms. The Hall–Kier alpha value is -3.37. The van der Waals surface area contributed by atoms with Crippen molar-refractivity contribution in [1.82, 2.24) is 15.1 Å². The lowest BCUT2D eigenvalue weighted by Gasteiger charge is -2.32. The normalized spacial score (nSPS) is 21.7. The van der Waals surface area contributed by atoms with E-state index in [2.05, 4.69) is 10.6 Å². The average molecular weight is 518 g/mol. The molecule has 0 bridgehead atoms. The highest BCUT2D eigenvalue weighted by molar-refractivity contribution is 6.30. The molecule has 192 valence electrons. The zero-order chi connectivity index (χ0) is 25.7. The van der Waals surface area contributed by atoms with Crippen LogP contribution in [0.25, 0.3) is 0 Å². The number of halogens is 2. The number of nitrogens with one attached hydrogen (secondary N) is 2. The summed E-state index contributed by atoms with van der Waals surface area (Å²) in [5.41, 5.74) is 6.22. The molecule has 4 amide bonds. The highest BCUT2D eigenvalue weighted by Crippen LogP contribution is 2.22. The second-order valence-corrected chi connectivity index (χ2v) is 9.39.